The van der Waals surface area contributed by atoms with Crippen LogP contribution in [0.25, 0.3) is 0 Å². The first kappa shape index (κ1) is 7.59. The monoisotopic (exact) mass is 156 g/mol. The van der Waals surface area contributed by atoms with Crippen LogP contribution in [0.5, 0.6) is 5.75 Å². The van der Waals surface area contributed by atoms with Crippen LogP contribution in [0.4, 0.5) is 0 Å². The van der Waals surface area contributed by atoms with E-state index in [1.807, 2.05) is 0 Å². The lowest BCUT2D eigenvalue weighted by atomic mass is 10.6. The molecule has 5 heteroatoms. The maximum absolute atomic E-state index is 11.0. The van der Waals surface area contributed by atoms with Gasteiger partial charge in [-0.05, 0) is 0 Å². The Hall–Kier alpha value is -1.52. The first-order chi connectivity index (χ1) is 5.04. The molecule has 60 valence electrons. The Morgan fingerprint density at radius 1 is 1.36 bits per heavy atom. The number of aromatic nitrogens is 2. The first-order valence-electron chi connectivity index (χ1n) is 2.99. The van der Waals surface area contributed by atoms with Crippen LogP contribution in [0, 0.1) is 0 Å². The molecule has 0 aliphatic carbocycles. The summed E-state index contributed by atoms with van der Waals surface area (Å²) >= 11 is 0. The van der Waals surface area contributed by atoms with E-state index in [2.05, 4.69) is 0 Å². The van der Waals surface area contributed by atoms with Crippen LogP contribution in [0.3, 0.4) is 0 Å². The second-order valence-corrected chi connectivity index (χ2v) is 2.27. The smallest absolute Gasteiger partial charge is 0.330 e. The summed E-state index contributed by atoms with van der Waals surface area (Å²) < 4.78 is 1.98. The number of nitrogens with zero attached hydrogens (tertiary/aromatic N) is 2. The van der Waals surface area contributed by atoms with Gasteiger partial charge in [-0.15, -0.1) is 0 Å². The van der Waals surface area contributed by atoms with E-state index in [4.69, 9.17) is 5.11 Å². The van der Waals surface area contributed by atoms with Gasteiger partial charge in [0.15, 0.2) is 5.75 Å². The molecule has 0 aromatic carbocycles. The van der Waals surface area contributed by atoms with Gasteiger partial charge >= 0.3 is 5.69 Å². The molecule has 1 heterocycles. The molecule has 0 amide bonds. The Bertz CT molecular complexity index is 354. The van der Waals surface area contributed by atoms with Crippen molar-refractivity contribution in [2.24, 2.45) is 14.1 Å². The lowest BCUT2D eigenvalue weighted by Crippen LogP contribution is -2.35. The van der Waals surface area contributed by atoms with Gasteiger partial charge in [0.1, 0.15) is 0 Å². The highest BCUT2D eigenvalue weighted by atomic mass is 16.3. The predicted octanol–water partition coefficient (Wildman–Crippen LogP) is -1.21. The van der Waals surface area contributed by atoms with Gasteiger partial charge in [-0.1, -0.05) is 0 Å². The fourth-order valence-electron chi connectivity index (χ4n) is 0.789. The van der Waals surface area contributed by atoms with Gasteiger partial charge in [0.2, 0.25) is 0 Å². The summed E-state index contributed by atoms with van der Waals surface area (Å²) in [6, 6.07) is 0. The van der Waals surface area contributed by atoms with Crippen LogP contribution in [0.2, 0.25) is 0 Å². The molecule has 0 spiro atoms. The van der Waals surface area contributed by atoms with Crippen molar-refractivity contribution >= 4 is 0 Å². The molecule has 0 bridgehead atoms. The van der Waals surface area contributed by atoms with Crippen molar-refractivity contribution in [2.45, 2.75) is 0 Å². The van der Waals surface area contributed by atoms with Gasteiger partial charge in [0.25, 0.3) is 5.56 Å². The van der Waals surface area contributed by atoms with Gasteiger partial charge in [-0.3, -0.25) is 13.9 Å². The Kier molecular flexibility index (Phi) is 1.56. The zero-order chi connectivity index (χ0) is 8.59. The Morgan fingerprint density at radius 3 is 2.45 bits per heavy atom. The quantitative estimate of drug-likeness (QED) is 0.512. The lowest BCUT2D eigenvalue weighted by molar-refractivity contribution is 0.446. The molecule has 1 rings (SSSR count). The Balaban J connectivity index is 3.74. The maximum atomic E-state index is 11.0. The minimum absolute atomic E-state index is 0.422. The van der Waals surface area contributed by atoms with Crippen LogP contribution in [-0.4, -0.2) is 14.2 Å². The summed E-state index contributed by atoms with van der Waals surface area (Å²) in [5.41, 5.74) is -1.12. The fraction of sp³-hybridized carbons (Fsp3) is 0.333. The minimum atomic E-state index is -0.673. The first-order valence-corrected chi connectivity index (χ1v) is 2.99. The molecule has 5 nitrogen and oxygen atoms in total. The van der Waals surface area contributed by atoms with E-state index < -0.39 is 17.0 Å². The molecule has 0 aliphatic rings. The third-order valence-electron chi connectivity index (χ3n) is 1.43. The molecule has 11 heavy (non-hydrogen) atoms. The molecule has 1 aromatic rings. The molecule has 0 aliphatic heterocycles. The zero-order valence-corrected chi connectivity index (χ0v) is 6.24. The average molecular weight is 156 g/mol. The third kappa shape index (κ3) is 1.04. The van der Waals surface area contributed by atoms with Crippen LogP contribution >= 0.6 is 0 Å². The third-order valence-corrected chi connectivity index (χ3v) is 1.43. The van der Waals surface area contributed by atoms with Gasteiger partial charge in [0.05, 0.1) is 6.20 Å². The van der Waals surface area contributed by atoms with E-state index >= 15 is 0 Å². The Labute approximate surface area is 62.1 Å². The molecule has 0 saturated heterocycles. The van der Waals surface area contributed by atoms with Crippen molar-refractivity contribution in [2.75, 3.05) is 0 Å². The van der Waals surface area contributed by atoms with Crippen LogP contribution in [0.1, 0.15) is 0 Å². The standard InChI is InChI=1S/C6H8N2O3/c1-7-3-4(9)5(10)8(2)6(7)11/h3,9H,1-2H3. The second-order valence-electron chi connectivity index (χ2n) is 2.27. The second kappa shape index (κ2) is 2.26. The van der Waals surface area contributed by atoms with Crippen molar-refractivity contribution in [1.29, 1.82) is 0 Å². The van der Waals surface area contributed by atoms with E-state index in [1.165, 1.54) is 14.1 Å². The van der Waals surface area contributed by atoms with Gasteiger partial charge in [0, 0.05) is 14.1 Å². The number of aromatic hydroxyl groups is 1. The van der Waals surface area contributed by atoms with Crippen molar-refractivity contribution in [3.8, 4) is 5.75 Å². The maximum Gasteiger partial charge on any atom is 0.330 e. The van der Waals surface area contributed by atoms with Gasteiger partial charge < -0.3 is 5.11 Å². The van der Waals surface area contributed by atoms with E-state index in [1.54, 1.807) is 0 Å². The number of hydrogen-bond acceptors (Lipinski definition) is 3. The summed E-state index contributed by atoms with van der Waals surface area (Å²) in [4.78, 5) is 21.8. The van der Waals surface area contributed by atoms with Gasteiger partial charge in [-0.25, -0.2) is 4.79 Å². The molecule has 1 aromatic heterocycles. The summed E-state index contributed by atoms with van der Waals surface area (Å²) in [6.07, 6.45) is 1.09. The Morgan fingerprint density at radius 2 is 1.91 bits per heavy atom. The summed E-state index contributed by atoms with van der Waals surface area (Å²) in [5.74, 6) is -0.422. The number of aryl methyl sites for hydroxylation is 1. The highest BCUT2D eigenvalue weighted by Gasteiger charge is 2.02. The minimum Gasteiger partial charge on any atom is -0.502 e. The molecule has 0 atom stereocenters. The summed E-state index contributed by atoms with van der Waals surface area (Å²) in [6.45, 7) is 0. The molecule has 0 radical (unpaired) electrons. The van der Waals surface area contributed by atoms with E-state index in [9.17, 15) is 9.59 Å². The zero-order valence-electron chi connectivity index (χ0n) is 6.24. The highest BCUT2D eigenvalue weighted by molar-refractivity contribution is 5.09. The van der Waals surface area contributed by atoms with E-state index in [0.29, 0.717) is 0 Å². The van der Waals surface area contributed by atoms with Crippen LogP contribution in [0.15, 0.2) is 15.8 Å². The topological polar surface area (TPSA) is 64.2 Å². The molecule has 0 fully saturated rings. The highest BCUT2D eigenvalue weighted by Crippen LogP contribution is 1.91. The molecule has 1 N–H and O–H groups in total. The summed E-state index contributed by atoms with van der Waals surface area (Å²) in [7, 11) is 2.77. The van der Waals surface area contributed by atoms with Crippen molar-refractivity contribution in [3.05, 3.63) is 27.0 Å². The van der Waals surface area contributed by atoms with E-state index in [0.717, 1.165) is 15.3 Å². The largest absolute Gasteiger partial charge is 0.502 e. The predicted molar refractivity (Wildman–Crippen MR) is 38.6 cm³/mol. The van der Waals surface area contributed by atoms with Crippen molar-refractivity contribution in [3.63, 3.8) is 0 Å². The molecule has 0 saturated carbocycles. The lowest BCUT2D eigenvalue weighted by Gasteiger charge is -2.00. The normalized spacial score (nSPS) is 10.0. The number of hydrogen-bond donors (Lipinski definition) is 1. The van der Waals surface area contributed by atoms with Crippen molar-refractivity contribution < 1.29 is 5.11 Å². The molecular weight excluding hydrogens is 148 g/mol. The van der Waals surface area contributed by atoms with Crippen molar-refractivity contribution in [1.82, 2.24) is 9.13 Å². The molecule has 0 unspecified atom stereocenters. The van der Waals surface area contributed by atoms with Gasteiger partial charge in [-0.2, -0.15) is 0 Å². The number of rotatable bonds is 0. The fourth-order valence-corrected chi connectivity index (χ4v) is 0.789. The average Bonchev–Trinajstić information content (AvgIpc) is 1.97. The SMILES string of the molecule is Cn1cc(O)c(=O)n(C)c1=O. The van der Waals surface area contributed by atoms with Crippen LogP contribution in [-0.2, 0) is 14.1 Å². The van der Waals surface area contributed by atoms with Crippen LogP contribution < -0.4 is 11.2 Å². The van der Waals surface area contributed by atoms with E-state index in [-0.39, 0.29) is 0 Å². The molecular formula is C6H8N2O3. The summed E-state index contributed by atoms with van der Waals surface area (Å²) in [5, 5.41) is 8.91.